The molecule has 2 aliphatic rings. The highest BCUT2D eigenvalue weighted by molar-refractivity contribution is 5.87. The first kappa shape index (κ1) is 19.0. The van der Waals surface area contributed by atoms with E-state index in [2.05, 4.69) is 11.8 Å². The Morgan fingerprint density at radius 3 is 2.61 bits per heavy atom. The summed E-state index contributed by atoms with van der Waals surface area (Å²) in [6.07, 6.45) is 2.43. The molecule has 152 valence electrons. The number of anilines is 1. The first-order valence-corrected chi connectivity index (χ1v) is 9.92. The van der Waals surface area contributed by atoms with Crippen molar-refractivity contribution in [1.82, 2.24) is 9.24 Å². The average Bonchev–Trinajstić information content (AvgIpc) is 3.44. The number of aromatic nitrogens is 2. The van der Waals surface area contributed by atoms with E-state index in [4.69, 9.17) is 16.3 Å². The van der Waals surface area contributed by atoms with Gasteiger partial charge in [-0.15, -0.1) is 0 Å². The molecule has 2 fully saturated rings. The number of rotatable bonds is 5. The first-order valence-electron chi connectivity index (χ1n) is 9.92. The molecule has 3 atom stereocenters. The Morgan fingerprint density at radius 2 is 1.96 bits per heavy atom. The number of benzene rings is 1. The van der Waals surface area contributed by atoms with E-state index < -0.39 is 11.2 Å². The number of hydrogen-bond acceptors (Lipinski definition) is 6. The van der Waals surface area contributed by atoms with Gasteiger partial charge in [-0.25, -0.2) is 4.79 Å². The predicted molar refractivity (Wildman–Crippen MR) is 110 cm³/mol. The maximum atomic E-state index is 12.7. The highest BCUT2D eigenvalue weighted by Crippen LogP contribution is 2.39. The van der Waals surface area contributed by atoms with Crippen LogP contribution in [0.4, 0.5) is 5.69 Å². The van der Waals surface area contributed by atoms with E-state index in [1.54, 1.807) is 17.7 Å². The summed E-state index contributed by atoms with van der Waals surface area (Å²) in [6.45, 7) is 6.02. The molecule has 8 heteroatoms. The van der Waals surface area contributed by atoms with Crippen LogP contribution in [0, 0.1) is 18.8 Å². The zero-order valence-corrected chi connectivity index (χ0v) is 16.7. The van der Waals surface area contributed by atoms with Gasteiger partial charge in [-0.1, -0.05) is 6.92 Å². The molecular formula is C20H29N5O3. The normalized spacial score (nSPS) is 23.5. The van der Waals surface area contributed by atoms with Gasteiger partial charge in [-0.2, -0.15) is 4.68 Å². The Hall–Kier alpha value is -2.32. The largest absolute Gasteiger partial charge is 0.371 e. The molecule has 1 saturated carbocycles. The molecule has 1 aromatic heterocycles. The third-order valence-corrected chi connectivity index (χ3v) is 6.36. The standard InChI is InChI=1S/C20H29N5O3/c1-11-9-23(10-13(11)8-17(21)28-3)16-7-6-15-18(12(16)2)24(14-4-5-14)20(27)25(22)19(15)26/h6-7,11,13-14,17H,4-5,8-10,21-22H2,1-3H3/t11-,13-,17-/m0/s1. The van der Waals surface area contributed by atoms with Gasteiger partial charge in [0.2, 0.25) is 0 Å². The number of fused-ring (bicyclic) bond motifs is 1. The molecule has 4 rings (SSSR count). The Kier molecular flexibility index (Phi) is 4.71. The summed E-state index contributed by atoms with van der Waals surface area (Å²) in [5, 5.41) is 0.500. The molecule has 1 aromatic carbocycles. The van der Waals surface area contributed by atoms with Crippen LogP contribution in [0.25, 0.3) is 10.9 Å². The second-order valence-electron chi connectivity index (χ2n) is 8.32. The zero-order valence-electron chi connectivity index (χ0n) is 16.7. The van der Waals surface area contributed by atoms with Crippen LogP contribution in [-0.4, -0.2) is 35.7 Å². The van der Waals surface area contributed by atoms with Gasteiger partial charge in [0, 0.05) is 31.9 Å². The Balaban J connectivity index is 1.79. The van der Waals surface area contributed by atoms with Crippen LogP contribution in [0.2, 0.25) is 0 Å². The monoisotopic (exact) mass is 387 g/mol. The molecule has 1 aliphatic carbocycles. The Morgan fingerprint density at radius 1 is 1.25 bits per heavy atom. The van der Waals surface area contributed by atoms with Crippen LogP contribution in [0.1, 0.15) is 37.8 Å². The molecule has 1 aliphatic heterocycles. The van der Waals surface area contributed by atoms with Gasteiger partial charge in [0.05, 0.1) is 10.9 Å². The van der Waals surface area contributed by atoms with Crippen LogP contribution in [0.3, 0.4) is 0 Å². The molecule has 2 aromatic rings. The number of hydrogen-bond donors (Lipinski definition) is 2. The minimum absolute atomic E-state index is 0.129. The van der Waals surface area contributed by atoms with Crippen molar-refractivity contribution in [2.45, 2.75) is 45.4 Å². The van der Waals surface area contributed by atoms with Crippen LogP contribution < -0.4 is 27.7 Å². The van der Waals surface area contributed by atoms with Gasteiger partial charge in [0.15, 0.2) is 0 Å². The molecular weight excluding hydrogens is 358 g/mol. The number of nitrogens with zero attached hydrogens (tertiary/aromatic N) is 3. The molecule has 0 bridgehead atoms. The second kappa shape index (κ2) is 6.93. The van der Waals surface area contributed by atoms with Crippen LogP contribution in [0.15, 0.2) is 21.7 Å². The molecule has 0 radical (unpaired) electrons. The third kappa shape index (κ3) is 3.00. The summed E-state index contributed by atoms with van der Waals surface area (Å²) in [4.78, 5) is 27.6. The number of nitrogens with two attached hydrogens (primary N) is 2. The van der Waals surface area contributed by atoms with E-state index in [1.165, 1.54) is 0 Å². The minimum atomic E-state index is -0.440. The summed E-state index contributed by atoms with van der Waals surface area (Å²) < 4.78 is 7.69. The second-order valence-corrected chi connectivity index (χ2v) is 8.32. The van der Waals surface area contributed by atoms with Crippen molar-refractivity contribution < 1.29 is 4.74 Å². The highest BCUT2D eigenvalue weighted by Gasteiger charge is 2.33. The highest BCUT2D eigenvalue weighted by atomic mass is 16.5. The fourth-order valence-corrected chi connectivity index (χ4v) is 4.55. The third-order valence-electron chi connectivity index (χ3n) is 6.36. The van der Waals surface area contributed by atoms with Gasteiger partial charge in [0.1, 0.15) is 6.23 Å². The van der Waals surface area contributed by atoms with E-state index >= 15 is 0 Å². The van der Waals surface area contributed by atoms with Crippen molar-refractivity contribution >= 4 is 16.6 Å². The number of aryl methyl sites for hydroxylation is 1. The van der Waals surface area contributed by atoms with Gasteiger partial charge in [0.25, 0.3) is 5.56 Å². The van der Waals surface area contributed by atoms with Crippen molar-refractivity contribution in [2.24, 2.45) is 17.6 Å². The maximum Gasteiger partial charge on any atom is 0.350 e. The Labute approximate surface area is 163 Å². The molecule has 0 unspecified atom stereocenters. The van der Waals surface area contributed by atoms with Crippen LogP contribution in [0.5, 0.6) is 0 Å². The molecule has 0 spiro atoms. The van der Waals surface area contributed by atoms with Crippen molar-refractivity contribution in [3.8, 4) is 0 Å². The summed E-state index contributed by atoms with van der Waals surface area (Å²) >= 11 is 0. The lowest BCUT2D eigenvalue weighted by molar-refractivity contribution is 0.0828. The minimum Gasteiger partial charge on any atom is -0.371 e. The summed E-state index contributed by atoms with van der Waals surface area (Å²) in [5.41, 5.74) is 7.86. The lowest BCUT2D eigenvalue weighted by atomic mass is 9.94. The average molecular weight is 387 g/mol. The lowest BCUT2D eigenvalue weighted by Crippen LogP contribution is -2.44. The van der Waals surface area contributed by atoms with E-state index in [-0.39, 0.29) is 12.3 Å². The molecule has 0 amide bonds. The van der Waals surface area contributed by atoms with Gasteiger partial charge >= 0.3 is 5.69 Å². The summed E-state index contributed by atoms with van der Waals surface area (Å²) in [5.74, 6) is 6.68. The van der Waals surface area contributed by atoms with Crippen LogP contribution >= 0.6 is 0 Å². The van der Waals surface area contributed by atoms with E-state index in [0.717, 1.165) is 53.8 Å². The zero-order chi connectivity index (χ0) is 20.2. The van der Waals surface area contributed by atoms with Crippen molar-refractivity contribution in [1.29, 1.82) is 0 Å². The number of methoxy groups -OCH3 is 1. The molecule has 28 heavy (non-hydrogen) atoms. The maximum absolute atomic E-state index is 12.7. The SMILES string of the molecule is CO[C@H](N)C[C@H]1CN(c2ccc3c(=O)n(N)c(=O)n(C4CC4)c3c2C)C[C@@H]1C. The molecule has 2 heterocycles. The van der Waals surface area contributed by atoms with Crippen molar-refractivity contribution in [3.05, 3.63) is 38.5 Å². The summed E-state index contributed by atoms with van der Waals surface area (Å²) in [6, 6.07) is 3.91. The quantitative estimate of drug-likeness (QED) is 0.583. The topological polar surface area (TPSA) is 109 Å². The van der Waals surface area contributed by atoms with Crippen LogP contribution in [-0.2, 0) is 4.74 Å². The van der Waals surface area contributed by atoms with Gasteiger partial charge in [-0.3, -0.25) is 9.36 Å². The van der Waals surface area contributed by atoms with Gasteiger partial charge in [-0.05, 0) is 55.7 Å². The lowest BCUT2D eigenvalue weighted by Gasteiger charge is -2.24. The fraction of sp³-hybridized carbons (Fsp3) is 0.600. The van der Waals surface area contributed by atoms with E-state index in [9.17, 15) is 9.59 Å². The molecule has 8 nitrogen and oxygen atoms in total. The fourth-order valence-electron chi connectivity index (χ4n) is 4.55. The first-order chi connectivity index (χ1) is 13.3. The Bertz CT molecular complexity index is 1020. The van der Waals surface area contributed by atoms with Crippen molar-refractivity contribution in [2.75, 3.05) is 30.9 Å². The number of ether oxygens (including phenoxy) is 1. The summed E-state index contributed by atoms with van der Waals surface area (Å²) in [7, 11) is 1.64. The van der Waals surface area contributed by atoms with E-state index in [1.807, 2.05) is 13.0 Å². The van der Waals surface area contributed by atoms with Crippen molar-refractivity contribution in [3.63, 3.8) is 0 Å². The predicted octanol–water partition coefficient (Wildman–Crippen LogP) is 0.914. The molecule has 1 saturated heterocycles. The van der Waals surface area contributed by atoms with Gasteiger partial charge < -0.3 is 21.2 Å². The molecule has 4 N–H and O–H groups in total. The number of nitrogen functional groups attached to an aromatic ring is 1. The van der Waals surface area contributed by atoms with E-state index in [0.29, 0.717) is 17.2 Å². The smallest absolute Gasteiger partial charge is 0.350 e.